The number of anilines is 1. The first-order chi connectivity index (χ1) is 23.9. The van der Waals surface area contributed by atoms with E-state index in [-0.39, 0.29) is 11.5 Å². The summed E-state index contributed by atoms with van der Waals surface area (Å²) in [4.78, 5) is 33.5. The van der Waals surface area contributed by atoms with Crippen molar-refractivity contribution in [3.63, 3.8) is 0 Å². The third-order valence-electron chi connectivity index (χ3n) is 8.33. The van der Waals surface area contributed by atoms with Crippen LogP contribution in [0.1, 0.15) is 36.6 Å². The zero-order valence-corrected chi connectivity index (χ0v) is 28.4. The number of hydrogen-bond donors (Lipinski definition) is 1. The molecule has 1 aromatic heterocycles. The Kier molecular flexibility index (Phi) is 9.15. The summed E-state index contributed by atoms with van der Waals surface area (Å²) in [5.41, 5.74) is 3.74. The van der Waals surface area contributed by atoms with Gasteiger partial charge in [-0.05, 0) is 84.3 Å². The van der Waals surface area contributed by atoms with Gasteiger partial charge in [0.1, 0.15) is 18.1 Å². The quantitative estimate of drug-likeness (QED) is 0.170. The highest BCUT2D eigenvalue weighted by molar-refractivity contribution is 7.07. The minimum atomic E-state index is -0.723. The van der Waals surface area contributed by atoms with Crippen molar-refractivity contribution >= 4 is 51.4 Å². The predicted octanol–water partition coefficient (Wildman–Crippen LogP) is 7.66. The molecule has 6 aromatic rings. The molecule has 0 bridgehead atoms. The number of allylic oxidation sites excluding steroid dienone is 1. The van der Waals surface area contributed by atoms with E-state index in [4.69, 9.17) is 26.1 Å². The van der Waals surface area contributed by atoms with Crippen molar-refractivity contribution in [2.75, 3.05) is 11.9 Å². The van der Waals surface area contributed by atoms with Gasteiger partial charge in [-0.25, -0.2) is 4.99 Å². The minimum Gasteiger partial charge on any atom is -0.494 e. The molecule has 2 heterocycles. The third kappa shape index (κ3) is 6.66. The van der Waals surface area contributed by atoms with Crippen molar-refractivity contribution < 1.29 is 14.3 Å². The lowest BCUT2D eigenvalue weighted by atomic mass is 9.95. The van der Waals surface area contributed by atoms with Crippen LogP contribution in [-0.2, 0) is 11.4 Å². The number of thiazole rings is 1. The van der Waals surface area contributed by atoms with E-state index in [0.717, 1.165) is 21.9 Å². The summed E-state index contributed by atoms with van der Waals surface area (Å²) in [7, 11) is 0. The molecule has 49 heavy (non-hydrogen) atoms. The fraction of sp³-hybridized carbons (Fsp3) is 0.125. The Labute approximate surface area is 292 Å². The normalized spacial score (nSPS) is 14.3. The third-order valence-corrected chi connectivity index (χ3v) is 9.54. The number of halogens is 1. The molecule has 7 rings (SSSR count). The number of amides is 1. The Hall–Kier alpha value is -5.44. The van der Waals surface area contributed by atoms with Crippen molar-refractivity contribution in [1.82, 2.24) is 4.57 Å². The second-order valence-electron chi connectivity index (χ2n) is 11.5. The van der Waals surface area contributed by atoms with Crippen LogP contribution in [0.5, 0.6) is 11.5 Å². The summed E-state index contributed by atoms with van der Waals surface area (Å²) in [5, 5.41) is 5.75. The first-order valence-electron chi connectivity index (χ1n) is 15.9. The first-order valence-corrected chi connectivity index (χ1v) is 17.1. The van der Waals surface area contributed by atoms with Crippen LogP contribution in [0.15, 0.2) is 136 Å². The molecule has 0 aliphatic carbocycles. The number of ether oxygens (including phenoxy) is 2. The molecule has 0 spiro atoms. The summed E-state index contributed by atoms with van der Waals surface area (Å²) in [6, 6.07) is 35.7. The molecule has 0 unspecified atom stereocenters. The van der Waals surface area contributed by atoms with Gasteiger partial charge in [-0.2, -0.15) is 0 Å². The van der Waals surface area contributed by atoms with Gasteiger partial charge >= 0.3 is 0 Å². The zero-order valence-electron chi connectivity index (χ0n) is 26.9. The highest BCUT2D eigenvalue weighted by atomic mass is 35.5. The number of aromatic nitrogens is 1. The number of para-hydroxylation sites is 1. The Balaban J connectivity index is 1.30. The Morgan fingerprint density at radius 1 is 0.939 bits per heavy atom. The van der Waals surface area contributed by atoms with Gasteiger partial charge in [0.25, 0.3) is 11.5 Å². The minimum absolute atomic E-state index is 0.278. The molecular formula is C40H32ClN3O4S. The summed E-state index contributed by atoms with van der Waals surface area (Å²) in [6.45, 7) is 4.58. The molecule has 1 aliphatic rings. The van der Waals surface area contributed by atoms with Gasteiger partial charge in [-0.3, -0.25) is 14.2 Å². The van der Waals surface area contributed by atoms with Crippen LogP contribution >= 0.6 is 22.9 Å². The SMILES string of the molecule is CCOc1ccc([C@H]2C(C(=O)Nc3ccccc3)=C(C)N=c3s/c(=C\c4cc(Cl)ccc4OCc4cccc5ccccc45)c(=O)n32)cc1. The predicted molar refractivity (Wildman–Crippen MR) is 196 cm³/mol. The van der Waals surface area contributed by atoms with E-state index in [1.54, 1.807) is 29.7 Å². The van der Waals surface area contributed by atoms with E-state index in [0.29, 0.717) is 61.6 Å². The molecule has 1 amide bonds. The maximum Gasteiger partial charge on any atom is 0.271 e. The van der Waals surface area contributed by atoms with E-state index >= 15 is 0 Å². The van der Waals surface area contributed by atoms with Gasteiger partial charge < -0.3 is 14.8 Å². The van der Waals surface area contributed by atoms with Gasteiger partial charge in [-0.1, -0.05) is 95.7 Å². The van der Waals surface area contributed by atoms with Crippen LogP contribution in [0.3, 0.4) is 0 Å². The van der Waals surface area contributed by atoms with Gasteiger partial charge in [-0.15, -0.1) is 0 Å². The number of carbonyl (C=O) groups is 1. The number of fused-ring (bicyclic) bond motifs is 2. The van der Waals surface area contributed by atoms with Crippen LogP contribution in [-0.4, -0.2) is 17.1 Å². The Morgan fingerprint density at radius 3 is 2.49 bits per heavy atom. The fourth-order valence-corrected chi connectivity index (χ4v) is 7.26. The second-order valence-corrected chi connectivity index (χ2v) is 13.0. The second kappa shape index (κ2) is 14.0. The highest BCUT2D eigenvalue weighted by Gasteiger charge is 2.32. The summed E-state index contributed by atoms with van der Waals surface area (Å²) >= 11 is 7.72. The maximum absolute atomic E-state index is 14.4. The Bertz CT molecular complexity index is 2390. The molecule has 1 atom stereocenters. The van der Waals surface area contributed by atoms with Crippen LogP contribution in [0.4, 0.5) is 5.69 Å². The molecule has 0 saturated heterocycles. The molecule has 244 valence electrons. The van der Waals surface area contributed by atoms with Gasteiger partial charge in [0.2, 0.25) is 0 Å². The number of hydrogen-bond acceptors (Lipinski definition) is 6. The number of rotatable bonds is 9. The average molecular weight is 686 g/mol. The molecule has 0 radical (unpaired) electrons. The largest absolute Gasteiger partial charge is 0.494 e. The number of nitrogens with one attached hydrogen (secondary N) is 1. The van der Waals surface area contributed by atoms with E-state index in [9.17, 15) is 9.59 Å². The molecular weight excluding hydrogens is 654 g/mol. The lowest BCUT2D eigenvalue weighted by Gasteiger charge is -2.25. The average Bonchev–Trinajstić information content (AvgIpc) is 3.41. The van der Waals surface area contributed by atoms with Crippen molar-refractivity contribution in [3.05, 3.63) is 168 Å². The zero-order chi connectivity index (χ0) is 33.9. The molecule has 5 aromatic carbocycles. The lowest BCUT2D eigenvalue weighted by molar-refractivity contribution is -0.113. The van der Waals surface area contributed by atoms with Crippen molar-refractivity contribution in [3.8, 4) is 11.5 Å². The Morgan fingerprint density at radius 2 is 1.69 bits per heavy atom. The smallest absolute Gasteiger partial charge is 0.271 e. The lowest BCUT2D eigenvalue weighted by Crippen LogP contribution is -2.40. The van der Waals surface area contributed by atoms with Crippen molar-refractivity contribution in [2.45, 2.75) is 26.5 Å². The summed E-state index contributed by atoms with van der Waals surface area (Å²) in [6.07, 6.45) is 1.78. The van der Waals surface area contributed by atoms with Crippen LogP contribution < -0.4 is 29.7 Å². The maximum atomic E-state index is 14.4. The van der Waals surface area contributed by atoms with E-state index in [1.807, 2.05) is 91.9 Å². The van der Waals surface area contributed by atoms with E-state index < -0.39 is 6.04 Å². The van der Waals surface area contributed by atoms with Crippen molar-refractivity contribution in [1.29, 1.82) is 0 Å². The van der Waals surface area contributed by atoms with Gasteiger partial charge in [0.15, 0.2) is 4.80 Å². The highest BCUT2D eigenvalue weighted by Crippen LogP contribution is 2.32. The monoisotopic (exact) mass is 685 g/mol. The van der Waals surface area contributed by atoms with E-state index in [1.165, 1.54) is 11.3 Å². The van der Waals surface area contributed by atoms with Gasteiger partial charge in [0, 0.05) is 16.3 Å². The number of carbonyl (C=O) groups excluding carboxylic acids is 1. The van der Waals surface area contributed by atoms with Crippen LogP contribution in [0.25, 0.3) is 16.8 Å². The molecule has 9 heteroatoms. The van der Waals surface area contributed by atoms with Gasteiger partial charge in [0.05, 0.1) is 28.5 Å². The topological polar surface area (TPSA) is 81.9 Å². The summed E-state index contributed by atoms with van der Waals surface area (Å²) in [5.74, 6) is 0.955. The van der Waals surface area contributed by atoms with Crippen LogP contribution in [0, 0.1) is 0 Å². The van der Waals surface area contributed by atoms with Crippen LogP contribution in [0.2, 0.25) is 5.02 Å². The number of nitrogens with zero attached hydrogens (tertiary/aromatic N) is 2. The van der Waals surface area contributed by atoms with E-state index in [2.05, 4.69) is 23.5 Å². The fourth-order valence-electron chi connectivity index (χ4n) is 6.04. The van der Waals surface area contributed by atoms with Crippen molar-refractivity contribution in [2.24, 2.45) is 4.99 Å². The standard InChI is InChI=1S/C40H32ClN3O4S/c1-3-47-32-19-16-27(17-20-32)37-36(38(45)43-31-13-5-4-6-14-31)25(2)42-40-44(37)39(46)35(49-40)23-29-22-30(41)18-21-34(29)48-24-28-12-9-11-26-10-7-8-15-33(26)28/h4-23,37H,3,24H2,1-2H3,(H,43,45)/b35-23-/t37-/m0/s1. The molecule has 7 nitrogen and oxygen atoms in total. The first kappa shape index (κ1) is 32.1. The molecule has 0 fully saturated rings. The molecule has 0 saturated carbocycles. The number of benzene rings is 5. The summed E-state index contributed by atoms with van der Waals surface area (Å²) < 4.78 is 14.1. The molecule has 1 aliphatic heterocycles. The molecule has 1 N–H and O–H groups in total.